The van der Waals surface area contributed by atoms with Gasteiger partial charge in [-0.3, -0.25) is 0 Å². The SMILES string of the molecule is CC=C=C[C@@H](O)CCC. The van der Waals surface area contributed by atoms with Crippen LogP contribution in [0.1, 0.15) is 26.7 Å². The van der Waals surface area contributed by atoms with E-state index in [4.69, 9.17) is 5.11 Å². The van der Waals surface area contributed by atoms with Crippen molar-refractivity contribution in [2.24, 2.45) is 0 Å². The van der Waals surface area contributed by atoms with E-state index >= 15 is 0 Å². The number of aliphatic hydroxyl groups is 1. The predicted octanol–water partition coefficient (Wildman–Crippen LogP) is 1.88. The zero-order valence-corrected chi connectivity index (χ0v) is 6.09. The predicted molar refractivity (Wildman–Crippen MR) is 39.2 cm³/mol. The van der Waals surface area contributed by atoms with Crippen molar-refractivity contribution in [2.75, 3.05) is 0 Å². The average Bonchev–Trinajstić information content (AvgIpc) is 1.85. The summed E-state index contributed by atoms with van der Waals surface area (Å²) in [4.78, 5) is 0. The maximum absolute atomic E-state index is 9.04. The maximum Gasteiger partial charge on any atom is 0.0794 e. The molecular weight excluding hydrogens is 112 g/mol. The van der Waals surface area contributed by atoms with Crippen molar-refractivity contribution in [1.29, 1.82) is 0 Å². The first-order chi connectivity index (χ1) is 4.31. The fourth-order valence-electron chi connectivity index (χ4n) is 0.586. The van der Waals surface area contributed by atoms with Crippen LogP contribution in [0.4, 0.5) is 0 Å². The van der Waals surface area contributed by atoms with Crippen LogP contribution in [0.15, 0.2) is 17.9 Å². The molecule has 0 rings (SSSR count). The number of hydrogen-bond donors (Lipinski definition) is 1. The second-order valence-corrected chi connectivity index (χ2v) is 1.98. The Morgan fingerprint density at radius 1 is 1.67 bits per heavy atom. The molecule has 0 saturated heterocycles. The maximum atomic E-state index is 9.04. The molecule has 0 aliphatic rings. The molecule has 0 heterocycles. The van der Waals surface area contributed by atoms with Crippen LogP contribution in [0.25, 0.3) is 0 Å². The highest BCUT2D eigenvalue weighted by molar-refractivity contribution is 4.87. The zero-order valence-electron chi connectivity index (χ0n) is 6.09. The molecule has 9 heavy (non-hydrogen) atoms. The first kappa shape index (κ1) is 8.48. The number of hydrogen-bond acceptors (Lipinski definition) is 1. The smallest absolute Gasteiger partial charge is 0.0794 e. The van der Waals surface area contributed by atoms with E-state index in [9.17, 15) is 0 Å². The molecule has 0 saturated carbocycles. The van der Waals surface area contributed by atoms with E-state index in [1.54, 1.807) is 12.2 Å². The highest BCUT2D eigenvalue weighted by atomic mass is 16.3. The lowest BCUT2D eigenvalue weighted by Crippen LogP contribution is -1.98. The zero-order chi connectivity index (χ0) is 7.11. The standard InChI is InChI=1S/C8H14O/c1-3-5-7-8(9)6-4-2/h3,7-9H,4,6H2,1-2H3/t5?,8-/m0/s1. The molecule has 0 aromatic rings. The Morgan fingerprint density at radius 2 is 2.33 bits per heavy atom. The third kappa shape index (κ3) is 5.35. The summed E-state index contributed by atoms with van der Waals surface area (Å²) in [6.45, 7) is 3.93. The van der Waals surface area contributed by atoms with E-state index in [1.165, 1.54) is 0 Å². The summed E-state index contributed by atoms with van der Waals surface area (Å²) < 4.78 is 0. The monoisotopic (exact) mass is 126 g/mol. The van der Waals surface area contributed by atoms with Crippen molar-refractivity contribution in [2.45, 2.75) is 32.8 Å². The van der Waals surface area contributed by atoms with Crippen LogP contribution in [0.5, 0.6) is 0 Å². The summed E-state index contributed by atoms with van der Waals surface area (Å²) in [6.07, 6.45) is 5.03. The minimum absolute atomic E-state index is 0.300. The van der Waals surface area contributed by atoms with Crippen molar-refractivity contribution < 1.29 is 5.11 Å². The molecule has 1 atom stereocenters. The van der Waals surface area contributed by atoms with Gasteiger partial charge in [-0.1, -0.05) is 13.3 Å². The van der Waals surface area contributed by atoms with Gasteiger partial charge in [0.2, 0.25) is 0 Å². The summed E-state index contributed by atoms with van der Waals surface area (Å²) in [6, 6.07) is 0. The Bertz CT molecular complexity index is 110. The molecule has 1 heteroatoms. The van der Waals surface area contributed by atoms with Gasteiger partial charge in [0, 0.05) is 0 Å². The van der Waals surface area contributed by atoms with Crippen molar-refractivity contribution >= 4 is 0 Å². The second kappa shape index (κ2) is 5.61. The van der Waals surface area contributed by atoms with E-state index < -0.39 is 0 Å². The van der Waals surface area contributed by atoms with Gasteiger partial charge in [0.1, 0.15) is 0 Å². The fourth-order valence-corrected chi connectivity index (χ4v) is 0.586. The van der Waals surface area contributed by atoms with Gasteiger partial charge in [-0.15, -0.1) is 5.73 Å². The Hall–Kier alpha value is -0.520. The van der Waals surface area contributed by atoms with Gasteiger partial charge in [0.25, 0.3) is 0 Å². The Kier molecular flexibility index (Phi) is 5.29. The largest absolute Gasteiger partial charge is 0.388 e. The third-order valence-electron chi connectivity index (χ3n) is 1.04. The van der Waals surface area contributed by atoms with Crippen LogP contribution >= 0.6 is 0 Å². The molecule has 52 valence electrons. The van der Waals surface area contributed by atoms with Crippen LogP contribution in [0.3, 0.4) is 0 Å². The first-order valence-electron chi connectivity index (χ1n) is 3.36. The van der Waals surface area contributed by atoms with Gasteiger partial charge in [0.05, 0.1) is 6.10 Å². The quantitative estimate of drug-likeness (QED) is 0.572. The van der Waals surface area contributed by atoms with E-state index in [-0.39, 0.29) is 6.10 Å². The number of aliphatic hydroxyl groups excluding tert-OH is 1. The molecule has 0 radical (unpaired) electrons. The van der Waals surface area contributed by atoms with Crippen LogP contribution in [-0.2, 0) is 0 Å². The lowest BCUT2D eigenvalue weighted by molar-refractivity contribution is 0.212. The van der Waals surface area contributed by atoms with Crippen molar-refractivity contribution in [3.63, 3.8) is 0 Å². The summed E-state index contributed by atoms with van der Waals surface area (Å²) in [5, 5.41) is 9.04. The van der Waals surface area contributed by atoms with E-state index in [0.717, 1.165) is 12.8 Å². The number of rotatable bonds is 3. The Balaban J connectivity index is 3.49. The van der Waals surface area contributed by atoms with Crippen LogP contribution in [0, 0.1) is 0 Å². The van der Waals surface area contributed by atoms with Gasteiger partial charge in [0.15, 0.2) is 0 Å². The molecule has 0 aliphatic heterocycles. The van der Waals surface area contributed by atoms with Crippen LogP contribution < -0.4 is 0 Å². The summed E-state index contributed by atoms with van der Waals surface area (Å²) >= 11 is 0. The third-order valence-corrected chi connectivity index (χ3v) is 1.04. The van der Waals surface area contributed by atoms with Gasteiger partial charge < -0.3 is 5.11 Å². The molecule has 0 aromatic carbocycles. The Morgan fingerprint density at radius 3 is 2.78 bits per heavy atom. The van der Waals surface area contributed by atoms with Crippen LogP contribution in [0.2, 0.25) is 0 Å². The molecule has 0 amide bonds. The highest BCUT2D eigenvalue weighted by Crippen LogP contribution is 1.95. The van der Waals surface area contributed by atoms with E-state index in [0.29, 0.717) is 0 Å². The molecule has 0 unspecified atom stereocenters. The fraction of sp³-hybridized carbons (Fsp3) is 0.625. The van der Waals surface area contributed by atoms with Gasteiger partial charge >= 0.3 is 0 Å². The first-order valence-corrected chi connectivity index (χ1v) is 3.36. The van der Waals surface area contributed by atoms with Crippen molar-refractivity contribution in [3.8, 4) is 0 Å². The molecule has 0 aromatic heterocycles. The van der Waals surface area contributed by atoms with Gasteiger partial charge in [-0.2, -0.15) is 0 Å². The average molecular weight is 126 g/mol. The second-order valence-electron chi connectivity index (χ2n) is 1.98. The molecule has 0 fully saturated rings. The minimum atomic E-state index is -0.300. The van der Waals surface area contributed by atoms with E-state index in [1.807, 2.05) is 13.8 Å². The van der Waals surface area contributed by atoms with E-state index in [2.05, 4.69) is 5.73 Å². The van der Waals surface area contributed by atoms with Gasteiger partial charge in [-0.25, -0.2) is 0 Å². The van der Waals surface area contributed by atoms with Gasteiger partial charge in [-0.05, 0) is 25.5 Å². The van der Waals surface area contributed by atoms with Crippen molar-refractivity contribution in [1.82, 2.24) is 0 Å². The lowest BCUT2D eigenvalue weighted by atomic mass is 10.2. The summed E-state index contributed by atoms with van der Waals surface area (Å²) in [7, 11) is 0. The lowest BCUT2D eigenvalue weighted by Gasteiger charge is -1.97. The molecular formula is C8H14O. The molecule has 1 N–H and O–H groups in total. The normalized spacial score (nSPS) is 11.9. The van der Waals surface area contributed by atoms with Crippen molar-refractivity contribution in [3.05, 3.63) is 17.9 Å². The highest BCUT2D eigenvalue weighted by Gasteiger charge is 1.92. The molecule has 0 bridgehead atoms. The Labute approximate surface area is 56.7 Å². The molecule has 1 nitrogen and oxygen atoms in total. The topological polar surface area (TPSA) is 20.2 Å². The molecule has 0 spiro atoms. The molecule has 0 aliphatic carbocycles. The van der Waals surface area contributed by atoms with Crippen LogP contribution in [-0.4, -0.2) is 11.2 Å². The summed E-state index contributed by atoms with van der Waals surface area (Å²) in [5.74, 6) is 0. The minimum Gasteiger partial charge on any atom is -0.388 e. The summed E-state index contributed by atoms with van der Waals surface area (Å²) in [5.41, 5.74) is 2.83.